The predicted octanol–water partition coefficient (Wildman–Crippen LogP) is 2.10. The summed E-state index contributed by atoms with van der Waals surface area (Å²) < 4.78 is 0.106. The average Bonchev–Trinajstić information content (AvgIpc) is 2.77. The fourth-order valence-electron chi connectivity index (χ4n) is 2.12. The van der Waals surface area contributed by atoms with Crippen molar-refractivity contribution in [2.75, 3.05) is 11.9 Å². The summed E-state index contributed by atoms with van der Waals surface area (Å²) in [5, 5.41) is 13.0. The zero-order valence-corrected chi connectivity index (χ0v) is 10.7. The van der Waals surface area contributed by atoms with Crippen LogP contribution in [0.1, 0.15) is 11.1 Å². The predicted molar refractivity (Wildman–Crippen MR) is 76.7 cm³/mol. The Labute approximate surface area is 113 Å². The molecule has 1 aromatic heterocycles. The van der Waals surface area contributed by atoms with Crippen LogP contribution in [0.15, 0.2) is 29.1 Å². The summed E-state index contributed by atoms with van der Waals surface area (Å²) in [5.74, 6) is -0.217. The van der Waals surface area contributed by atoms with Crippen molar-refractivity contribution in [2.45, 2.75) is 0 Å². The molecule has 0 saturated carbocycles. The number of hydrogen-bond acceptors (Lipinski definition) is 4. The lowest BCUT2D eigenvalue weighted by atomic mass is 10.1. The van der Waals surface area contributed by atoms with Crippen molar-refractivity contribution < 1.29 is 5.11 Å². The minimum absolute atomic E-state index is 0.106. The maximum absolute atomic E-state index is 11.8. The normalized spacial score (nSPS) is 15.3. The highest BCUT2D eigenvalue weighted by Gasteiger charge is 2.16. The molecular formula is C13H11N3O2S. The summed E-state index contributed by atoms with van der Waals surface area (Å²) in [6.07, 6.45) is 1.66. The third kappa shape index (κ3) is 2.06. The number of fused-ring (bicyclic) bond motifs is 1. The molecule has 1 aliphatic heterocycles. The topological polar surface area (TPSA) is 80.9 Å². The van der Waals surface area contributed by atoms with Gasteiger partial charge in [0.15, 0.2) is 4.77 Å². The Morgan fingerprint density at radius 3 is 2.84 bits per heavy atom. The van der Waals surface area contributed by atoms with Crippen LogP contribution in [-0.2, 0) is 0 Å². The Morgan fingerprint density at radius 2 is 2.05 bits per heavy atom. The van der Waals surface area contributed by atoms with Gasteiger partial charge in [-0.1, -0.05) is 18.2 Å². The van der Waals surface area contributed by atoms with Crippen LogP contribution in [0.2, 0.25) is 0 Å². The lowest BCUT2D eigenvalue weighted by Crippen LogP contribution is -2.11. The van der Waals surface area contributed by atoms with E-state index in [1.54, 1.807) is 6.08 Å². The number of hydrogen-bond donors (Lipinski definition) is 4. The van der Waals surface area contributed by atoms with Crippen LogP contribution >= 0.6 is 12.2 Å². The number of aromatic amines is 2. The van der Waals surface area contributed by atoms with Gasteiger partial charge in [0.2, 0.25) is 5.88 Å². The van der Waals surface area contributed by atoms with Gasteiger partial charge < -0.3 is 15.4 Å². The first-order valence-electron chi connectivity index (χ1n) is 5.74. The highest BCUT2D eigenvalue weighted by Crippen LogP contribution is 2.31. The number of para-hydroxylation sites is 1. The molecule has 0 spiro atoms. The quantitative estimate of drug-likeness (QED) is 0.600. The van der Waals surface area contributed by atoms with E-state index in [9.17, 15) is 9.90 Å². The molecule has 0 atom stereocenters. The number of anilines is 1. The number of H-pyrrole nitrogens is 2. The fourth-order valence-corrected chi connectivity index (χ4v) is 2.31. The number of aromatic hydroxyl groups is 1. The van der Waals surface area contributed by atoms with Crippen LogP contribution in [0.25, 0.3) is 11.6 Å². The molecule has 2 aromatic rings. The molecule has 4 N–H and O–H groups in total. The van der Waals surface area contributed by atoms with Gasteiger partial charge in [-0.15, -0.1) is 0 Å². The summed E-state index contributed by atoms with van der Waals surface area (Å²) in [5.41, 5.74) is 2.78. The Morgan fingerprint density at radius 1 is 1.26 bits per heavy atom. The molecule has 0 saturated heterocycles. The molecule has 6 heteroatoms. The van der Waals surface area contributed by atoms with E-state index in [-0.39, 0.29) is 16.2 Å². The number of rotatable bonds is 1. The monoisotopic (exact) mass is 273 g/mol. The lowest BCUT2D eigenvalue weighted by molar-refractivity contribution is 0.448. The van der Waals surface area contributed by atoms with Gasteiger partial charge in [-0.2, -0.15) is 0 Å². The van der Waals surface area contributed by atoms with Crippen LogP contribution in [0, 0.1) is 4.77 Å². The van der Waals surface area contributed by atoms with Gasteiger partial charge in [-0.05, 0) is 29.9 Å². The van der Waals surface area contributed by atoms with Crippen molar-refractivity contribution in [2.24, 2.45) is 0 Å². The van der Waals surface area contributed by atoms with Crippen molar-refractivity contribution in [3.63, 3.8) is 0 Å². The molecule has 2 heterocycles. The molecule has 19 heavy (non-hydrogen) atoms. The summed E-state index contributed by atoms with van der Waals surface area (Å²) in [7, 11) is 0. The van der Waals surface area contributed by atoms with Gasteiger partial charge in [0, 0.05) is 17.8 Å². The highest BCUT2D eigenvalue weighted by molar-refractivity contribution is 7.71. The second kappa shape index (κ2) is 4.40. The van der Waals surface area contributed by atoms with Crippen molar-refractivity contribution in [1.29, 1.82) is 0 Å². The molecule has 0 unspecified atom stereocenters. The standard InChI is InChI=1S/C13H11N3O2S/c17-11-9(12(18)16-13(19)15-11)5-7-6-14-10-4-2-1-3-8(7)10/h1-5,14H,6H2,(H3,15,16,17,18,19). The minimum atomic E-state index is -0.405. The van der Waals surface area contributed by atoms with E-state index < -0.39 is 5.56 Å². The minimum Gasteiger partial charge on any atom is -0.494 e. The lowest BCUT2D eigenvalue weighted by Gasteiger charge is -2.01. The van der Waals surface area contributed by atoms with E-state index in [1.807, 2.05) is 24.3 Å². The molecule has 0 aliphatic carbocycles. The van der Waals surface area contributed by atoms with Gasteiger partial charge in [0.1, 0.15) is 5.56 Å². The van der Waals surface area contributed by atoms with E-state index in [4.69, 9.17) is 12.2 Å². The summed E-state index contributed by atoms with van der Waals surface area (Å²) in [6.45, 7) is 0.619. The molecule has 0 radical (unpaired) electrons. The van der Waals surface area contributed by atoms with Gasteiger partial charge in [0.25, 0.3) is 5.56 Å². The second-order valence-corrected chi connectivity index (χ2v) is 4.65. The summed E-state index contributed by atoms with van der Waals surface area (Å²) in [4.78, 5) is 16.8. The van der Waals surface area contributed by atoms with E-state index in [2.05, 4.69) is 15.3 Å². The highest BCUT2D eigenvalue weighted by atomic mass is 32.1. The van der Waals surface area contributed by atoms with Crippen molar-refractivity contribution >= 4 is 29.6 Å². The third-order valence-corrected chi connectivity index (χ3v) is 3.22. The van der Waals surface area contributed by atoms with Crippen LogP contribution < -0.4 is 10.9 Å². The maximum atomic E-state index is 11.8. The summed E-state index contributed by atoms with van der Waals surface area (Å²) in [6, 6.07) is 7.82. The number of benzene rings is 1. The van der Waals surface area contributed by atoms with Gasteiger partial charge in [0.05, 0.1) is 0 Å². The molecule has 1 aliphatic rings. The van der Waals surface area contributed by atoms with Crippen molar-refractivity contribution in [1.82, 2.24) is 9.97 Å². The van der Waals surface area contributed by atoms with Crippen molar-refractivity contribution in [3.05, 3.63) is 50.5 Å². The average molecular weight is 273 g/mol. The molecule has 1 aromatic carbocycles. The first kappa shape index (κ1) is 11.7. The molecule has 5 nitrogen and oxygen atoms in total. The molecule has 0 bridgehead atoms. The van der Waals surface area contributed by atoms with Crippen LogP contribution in [0.5, 0.6) is 5.88 Å². The first-order chi connectivity index (χ1) is 9.15. The number of aromatic nitrogens is 2. The Balaban J connectivity index is 2.15. The van der Waals surface area contributed by atoms with Crippen LogP contribution in [-0.4, -0.2) is 21.6 Å². The molecular weight excluding hydrogens is 262 g/mol. The molecule has 0 fully saturated rings. The maximum Gasteiger partial charge on any atom is 0.262 e. The number of nitrogens with one attached hydrogen (secondary N) is 3. The van der Waals surface area contributed by atoms with E-state index >= 15 is 0 Å². The van der Waals surface area contributed by atoms with Crippen molar-refractivity contribution in [3.8, 4) is 5.88 Å². The van der Waals surface area contributed by atoms with Crippen LogP contribution in [0.3, 0.4) is 0 Å². The Bertz CT molecular complexity index is 789. The van der Waals surface area contributed by atoms with Crippen LogP contribution in [0.4, 0.5) is 5.69 Å². The van der Waals surface area contributed by atoms with E-state index in [0.717, 1.165) is 16.8 Å². The smallest absolute Gasteiger partial charge is 0.262 e. The van der Waals surface area contributed by atoms with E-state index in [0.29, 0.717) is 6.54 Å². The zero-order valence-electron chi connectivity index (χ0n) is 9.86. The Hall–Kier alpha value is -2.34. The second-order valence-electron chi connectivity index (χ2n) is 4.24. The third-order valence-electron chi connectivity index (χ3n) is 3.02. The largest absolute Gasteiger partial charge is 0.494 e. The molecule has 3 rings (SSSR count). The van der Waals surface area contributed by atoms with Gasteiger partial charge >= 0.3 is 0 Å². The Kier molecular flexibility index (Phi) is 2.72. The zero-order chi connectivity index (χ0) is 13.4. The SMILES string of the molecule is O=c1[nH]c(=S)[nH]c(O)c1C=C1CNc2ccccc21. The molecule has 0 amide bonds. The molecule has 96 valence electrons. The summed E-state index contributed by atoms with van der Waals surface area (Å²) >= 11 is 4.79. The first-order valence-corrected chi connectivity index (χ1v) is 6.15. The van der Waals surface area contributed by atoms with Gasteiger partial charge in [-0.3, -0.25) is 9.78 Å². The van der Waals surface area contributed by atoms with E-state index in [1.165, 1.54) is 0 Å². The van der Waals surface area contributed by atoms with Gasteiger partial charge in [-0.25, -0.2) is 0 Å². The fraction of sp³-hybridized carbons (Fsp3) is 0.0769.